The SMILES string of the molecule is Cc1ccc(C(=O)Nc2cccc(C(F)(F)F)c2)cc1NC(=O)c1cc2nccnc2s1. The third kappa shape index (κ3) is 4.59. The van der Waals surface area contributed by atoms with Gasteiger partial charge < -0.3 is 10.6 Å². The first-order chi connectivity index (χ1) is 15.2. The summed E-state index contributed by atoms with van der Waals surface area (Å²) in [6, 6.07) is 10.6. The summed E-state index contributed by atoms with van der Waals surface area (Å²) in [5.74, 6) is -0.983. The van der Waals surface area contributed by atoms with Gasteiger partial charge in [0.1, 0.15) is 10.3 Å². The Morgan fingerprint density at radius 1 is 0.938 bits per heavy atom. The fourth-order valence-electron chi connectivity index (χ4n) is 2.94. The summed E-state index contributed by atoms with van der Waals surface area (Å²) < 4.78 is 38.7. The second-order valence-electron chi connectivity index (χ2n) is 6.87. The van der Waals surface area contributed by atoms with E-state index in [1.807, 2.05) is 0 Å². The second-order valence-corrected chi connectivity index (χ2v) is 7.90. The molecule has 0 radical (unpaired) electrons. The van der Waals surface area contributed by atoms with Crippen LogP contribution in [0.2, 0.25) is 0 Å². The number of anilines is 2. The zero-order valence-electron chi connectivity index (χ0n) is 16.5. The molecule has 10 heteroatoms. The number of benzene rings is 2. The minimum atomic E-state index is -4.51. The first-order valence-corrected chi connectivity index (χ1v) is 10.1. The van der Waals surface area contributed by atoms with Crippen molar-refractivity contribution in [3.05, 3.63) is 82.5 Å². The third-order valence-corrected chi connectivity index (χ3v) is 5.62. The van der Waals surface area contributed by atoms with Crippen molar-refractivity contribution in [2.75, 3.05) is 10.6 Å². The third-order valence-electron chi connectivity index (χ3n) is 4.59. The summed E-state index contributed by atoms with van der Waals surface area (Å²) in [7, 11) is 0. The average molecular weight is 456 g/mol. The molecule has 0 aliphatic heterocycles. The van der Waals surface area contributed by atoms with Gasteiger partial charge in [0.05, 0.1) is 10.4 Å². The van der Waals surface area contributed by atoms with Gasteiger partial charge >= 0.3 is 6.18 Å². The highest BCUT2D eigenvalue weighted by Gasteiger charge is 2.30. The van der Waals surface area contributed by atoms with Crippen LogP contribution in [0.3, 0.4) is 0 Å². The minimum Gasteiger partial charge on any atom is -0.322 e. The lowest BCUT2D eigenvalue weighted by Gasteiger charge is -2.12. The lowest BCUT2D eigenvalue weighted by Crippen LogP contribution is -2.15. The monoisotopic (exact) mass is 456 g/mol. The highest BCUT2D eigenvalue weighted by Crippen LogP contribution is 2.31. The first kappa shape index (κ1) is 21.4. The number of hydrogen-bond acceptors (Lipinski definition) is 5. The first-order valence-electron chi connectivity index (χ1n) is 9.32. The number of fused-ring (bicyclic) bond motifs is 1. The van der Waals surface area contributed by atoms with Gasteiger partial charge in [0.15, 0.2) is 0 Å². The Labute approximate surface area is 184 Å². The van der Waals surface area contributed by atoms with Crippen LogP contribution in [0.15, 0.2) is 60.9 Å². The van der Waals surface area contributed by atoms with Crippen LogP contribution in [0.4, 0.5) is 24.5 Å². The van der Waals surface area contributed by atoms with Gasteiger partial charge in [0.2, 0.25) is 0 Å². The number of halogens is 3. The number of aromatic nitrogens is 2. The number of nitrogens with zero attached hydrogens (tertiary/aromatic N) is 2. The van der Waals surface area contributed by atoms with Crippen LogP contribution in [0, 0.1) is 6.92 Å². The van der Waals surface area contributed by atoms with Crippen molar-refractivity contribution in [3.8, 4) is 0 Å². The van der Waals surface area contributed by atoms with E-state index in [0.717, 1.165) is 12.1 Å². The molecule has 0 saturated heterocycles. The molecule has 6 nitrogen and oxygen atoms in total. The highest BCUT2D eigenvalue weighted by molar-refractivity contribution is 7.20. The summed E-state index contributed by atoms with van der Waals surface area (Å²) in [5, 5.41) is 5.22. The van der Waals surface area contributed by atoms with Crippen molar-refractivity contribution >= 4 is 44.9 Å². The molecule has 0 saturated carbocycles. The molecule has 2 N–H and O–H groups in total. The number of nitrogens with one attached hydrogen (secondary N) is 2. The zero-order valence-corrected chi connectivity index (χ0v) is 17.3. The second kappa shape index (κ2) is 8.39. The molecule has 0 bridgehead atoms. The van der Waals surface area contributed by atoms with E-state index in [9.17, 15) is 22.8 Å². The smallest absolute Gasteiger partial charge is 0.322 e. The van der Waals surface area contributed by atoms with Crippen LogP contribution < -0.4 is 10.6 Å². The number of thiophene rings is 1. The van der Waals surface area contributed by atoms with E-state index in [2.05, 4.69) is 20.6 Å². The molecule has 4 rings (SSSR count). The van der Waals surface area contributed by atoms with Crippen molar-refractivity contribution in [1.29, 1.82) is 0 Å². The van der Waals surface area contributed by atoms with Crippen molar-refractivity contribution in [2.24, 2.45) is 0 Å². The van der Waals surface area contributed by atoms with E-state index >= 15 is 0 Å². The molecule has 2 aromatic heterocycles. The quantitative estimate of drug-likeness (QED) is 0.423. The molecule has 0 atom stereocenters. The molecule has 162 valence electrons. The Bertz CT molecular complexity index is 1300. The standard InChI is InChI=1S/C22H15F3N4O2S/c1-12-5-6-13(19(30)28-15-4-2-3-14(10-15)22(23,24)25)9-16(12)29-20(31)18-11-17-21(32-18)27-8-7-26-17/h2-11H,1H3,(H,28,30)(H,29,31). The number of hydrogen-bond donors (Lipinski definition) is 2. The Hall–Kier alpha value is -3.79. The summed E-state index contributed by atoms with van der Waals surface area (Å²) >= 11 is 1.19. The van der Waals surface area contributed by atoms with E-state index in [0.29, 0.717) is 26.5 Å². The van der Waals surface area contributed by atoms with Gasteiger partial charge in [-0.15, -0.1) is 11.3 Å². The van der Waals surface area contributed by atoms with Gasteiger partial charge in [0, 0.05) is 29.3 Å². The summed E-state index contributed by atoms with van der Waals surface area (Å²) in [6.07, 6.45) is -1.44. The van der Waals surface area contributed by atoms with E-state index in [-0.39, 0.29) is 17.2 Å². The minimum absolute atomic E-state index is 0.0151. The predicted octanol–water partition coefficient (Wildman–Crippen LogP) is 5.52. The van der Waals surface area contributed by atoms with E-state index in [4.69, 9.17) is 0 Å². The Kier molecular flexibility index (Phi) is 5.62. The normalized spacial score (nSPS) is 11.4. The molecule has 0 spiro atoms. The van der Waals surface area contributed by atoms with Crippen molar-refractivity contribution in [1.82, 2.24) is 9.97 Å². The molecule has 0 fully saturated rings. The molecule has 0 unspecified atom stereocenters. The fraction of sp³-hybridized carbons (Fsp3) is 0.0909. The number of rotatable bonds is 4. The number of carbonyl (C=O) groups excluding carboxylic acids is 2. The number of amides is 2. The van der Waals surface area contributed by atoms with Crippen molar-refractivity contribution in [2.45, 2.75) is 13.1 Å². The van der Waals surface area contributed by atoms with E-state index < -0.39 is 17.6 Å². The number of carbonyl (C=O) groups is 2. The van der Waals surface area contributed by atoms with Gasteiger partial charge in [-0.05, 0) is 48.9 Å². The van der Waals surface area contributed by atoms with Crippen LogP contribution in [-0.4, -0.2) is 21.8 Å². The van der Waals surface area contributed by atoms with Gasteiger partial charge in [-0.25, -0.2) is 4.98 Å². The summed E-state index contributed by atoms with van der Waals surface area (Å²) in [6.45, 7) is 1.76. The van der Waals surface area contributed by atoms with Gasteiger partial charge in [-0.1, -0.05) is 12.1 Å². The maximum Gasteiger partial charge on any atom is 0.416 e. The summed E-state index contributed by atoms with van der Waals surface area (Å²) in [4.78, 5) is 34.6. The van der Waals surface area contributed by atoms with Crippen molar-refractivity contribution in [3.63, 3.8) is 0 Å². The maximum absolute atomic E-state index is 12.9. The molecule has 2 heterocycles. The Balaban J connectivity index is 1.53. The fourth-order valence-corrected chi connectivity index (χ4v) is 3.79. The van der Waals surface area contributed by atoms with Crippen LogP contribution in [-0.2, 0) is 6.18 Å². The molecule has 32 heavy (non-hydrogen) atoms. The Morgan fingerprint density at radius 2 is 1.72 bits per heavy atom. The number of aryl methyl sites for hydroxylation is 1. The lowest BCUT2D eigenvalue weighted by molar-refractivity contribution is -0.137. The molecule has 2 amide bonds. The van der Waals surface area contributed by atoms with E-state index in [1.54, 1.807) is 19.1 Å². The largest absolute Gasteiger partial charge is 0.416 e. The summed E-state index contributed by atoms with van der Waals surface area (Å²) in [5.41, 5.74) is 1.06. The molecule has 2 aromatic carbocycles. The maximum atomic E-state index is 12.9. The molecule has 0 aliphatic rings. The topological polar surface area (TPSA) is 84.0 Å². The molecule has 0 aliphatic carbocycles. The zero-order chi connectivity index (χ0) is 22.9. The average Bonchev–Trinajstić information content (AvgIpc) is 3.19. The Morgan fingerprint density at radius 3 is 2.47 bits per heavy atom. The van der Waals surface area contributed by atoms with Crippen LogP contribution in [0.1, 0.15) is 31.2 Å². The molecule has 4 aromatic rings. The van der Waals surface area contributed by atoms with Crippen molar-refractivity contribution < 1.29 is 22.8 Å². The van der Waals surface area contributed by atoms with Gasteiger partial charge in [-0.2, -0.15) is 13.2 Å². The van der Waals surface area contributed by atoms with Crippen LogP contribution in [0.25, 0.3) is 10.3 Å². The lowest BCUT2D eigenvalue weighted by atomic mass is 10.1. The predicted molar refractivity (Wildman–Crippen MR) is 116 cm³/mol. The molecular weight excluding hydrogens is 441 g/mol. The van der Waals surface area contributed by atoms with Crippen LogP contribution in [0.5, 0.6) is 0 Å². The highest BCUT2D eigenvalue weighted by atomic mass is 32.1. The van der Waals surface area contributed by atoms with Crippen LogP contribution >= 0.6 is 11.3 Å². The molecular formula is C22H15F3N4O2S. The van der Waals surface area contributed by atoms with E-state index in [1.165, 1.54) is 48.0 Å². The number of alkyl halides is 3. The van der Waals surface area contributed by atoms with Gasteiger partial charge in [-0.3, -0.25) is 14.6 Å². The van der Waals surface area contributed by atoms with Gasteiger partial charge in [0.25, 0.3) is 11.8 Å².